The molecule has 1 unspecified atom stereocenters. The van der Waals surface area contributed by atoms with Crippen molar-refractivity contribution < 1.29 is 17.6 Å². The number of sulfonamides is 1. The Labute approximate surface area is 141 Å². The van der Waals surface area contributed by atoms with Crippen LogP contribution in [0.3, 0.4) is 0 Å². The van der Waals surface area contributed by atoms with Crippen molar-refractivity contribution in [1.82, 2.24) is 15.4 Å². The van der Waals surface area contributed by atoms with Crippen molar-refractivity contribution in [2.45, 2.75) is 30.2 Å². The number of carbonyl (C=O) groups is 1. The molecule has 1 heterocycles. The molecular formula is C14H21ClFN3O3S. The molecule has 1 atom stereocenters. The molecule has 1 saturated heterocycles. The SMILES string of the molecule is Cl.O=C(CCNS(=O)(=O)c1ccc(F)cc1)NCC1CCCN1. The third-order valence-corrected chi connectivity index (χ3v) is 4.95. The highest BCUT2D eigenvalue weighted by molar-refractivity contribution is 7.89. The van der Waals surface area contributed by atoms with E-state index in [-0.39, 0.29) is 36.2 Å². The minimum atomic E-state index is -3.71. The van der Waals surface area contributed by atoms with E-state index in [0.717, 1.165) is 31.5 Å². The molecule has 0 spiro atoms. The molecule has 1 aromatic carbocycles. The second kappa shape index (κ2) is 9.17. The Hall–Kier alpha value is -1.22. The van der Waals surface area contributed by atoms with Crippen LogP contribution in [0.5, 0.6) is 0 Å². The standard InChI is InChI=1S/C14H20FN3O3S.ClH/c15-11-3-5-13(6-4-11)22(20,21)18-9-7-14(19)17-10-12-2-1-8-16-12;/h3-6,12,16,18H,1-2,7-10H2,(H,17,19);1H. The van der Waals surface area contributed by atoms with E-state index >= 15 is 0 Å². The number of nitrogens with one attached hydrogen (secondary N) is 3. The van der Waals surface area contributed by atoms with Gasteiger partial charge in [-0.2, -0.15) is 0 Å². The lowest BCUT2D eigenvalue weighted by molar-refractivity contribution is -0.121. The minimum Gasteiger partial charge on any atom is -0.354 e. The molecule has 130 valence electrons. The molecule has 1 amide bonds. The summed E-state index contributed by atoms with van der Waals surface area (Å²) in [6.45, 7) is 1.53. The molecule has 23 heavy (non-hydrogen) atoms. The van der Waals surface area contributed by atoms with E-state index in [2.05, 4.69) is 15.4 Å². The average Bonchev–Trinajstić information content (AvgIpc) is 2.99. The Morgan fingerprint density at radius 1 is 1.30 bits per heavy atom. The molecule has 1 aliphatic heterocycles. The van der Waals surface area contributed by atoms with Gasteiger partial charge in [-0.3, -0.25) is 4.79 Å². The van der Waals surface area contributed by atoms with Crippen LogP contribution in [0.4, 0.5) is 4.39 Å². The fourth-order valence-corrected chi connectivity index (χ4v) is 3.28. The Bertz CT molecular complexity index is 604. The summed E-state index contributed by atoms with van der Waals surface area (Å²) in [6, 6.07) is 4.83. The van der Waals surface area contributed by atoms with Gasteiger partial charge in [0.2, 0.25) is 15.9 Å². The van der Waals surface area contributed by atoms with Crippen LogP contribution >= 0.6 is 12.4 Å². The molecule has 9 heteroatoms. The summed E-state index contributed by atoms with van der Waals surface area (Å²) in [5, 5.41) is 6.03. The van der Waals surface area contributed by atoms with Crippen molar-refractivity contribution in [3.8, 4) is 0 Å². The highest BCUT2D eigenvalue weighted by Gasteiger charge is 2.16. The van der Waals surface area contributed by atoms with E-state index in [9.17, 15) is 17.6 Å². The van der Waals surface area contributed by atoms with Crippen LogP contribution in [0, 0.1) is 5.82 Å². The zero-order valence-corrected chi connectivity index (χ0v) is 14.2. The summed E-state index contributed by atoms with van der Waals surface area (Å²) in [7, 11) is -3.71. The number of benzene rings is 1. The maximum absolute atomic E-state index is 12.8. The van der Waals surface area contributed by atoms with Gasteiger partial charge in [-0.15, -0.1) is 12.4 Å². The minimum absolute atomic E-state index is 0. The lowest BCUT2D eigenvalue weighted by atomic mass is 10.2. The summed E-state index contributed by atoms with van der Waals surface area (Å²) < 4.78 is 38.9. The topological polar surface area (TPSA) is 87.3 Å². The largest absolute Gasteiger partial charge is 0.354 e. The Kier molecular flexibility index (Phi) is 7.90. The van der Waals surface area contributed by atoms with Crippen molar-refractivity contribution in [1.29, 1.82) is 0 Å². The lowest BCUT2D eigenvalue weighted by Gasteiger charge is -2.11. The molecule has 0 saturated carbocycles. The van der Waals surface area contributed by atoms with Gasteiger partial charge in [0, 0.05) is 25.6 Å². The molecule has 0 aromatic heterocycles. The molecule has 6 nitrogen and oxygen atoms in total. The summed E-state index contributed by atoms with van der Waals surface area (Å²) in [5.74, 6) is -0.700. The van der Waals surface area contributed by atoms with Crippen LogP contribution in [0.2, 0.25) is 0 Å². The van der Waals surface area contributed by atoms with E-state index in [1.165, 1.54) is 12.1 Å². The van der Waals surface area contributed by atoms with Gasteiger partial charge in [-0.25, -0.2) is 17.5 Å². The van der Waals surface area contributed by atoms with Gasteiger partial charge in [-0.1, -0.05) is 0 Å². The first-order chi connectivity index (χ1) is 10.5. The smallest absolute Gasteiger partial charge is 0.240 e. The summed E-state index contributed by atoms with van der Waals surface area (Å²) in [4.78, 5) is 11.6. The van der Waals surface area contributed by atoms with Crippen molar-refractivity contribution in [2.24, 2.45) is 0 Å². The Balaban J connectivity index is 0.00000264. The number of carbonyl (C=O) groups excluding carboxylic acids is 1. The first kappa shape index (κ1) is 19.8. The fourth-order valence-electron chi connectivity index (χ4n) is 2.25. The number of amides is 1. The van der Waals surface area contributed by atoms with E-state index in [0.29, 0.717) is 12.6 Å². The Morgan fingerprint density at radius 2 is 2.00 bits per heavy atom. The fraction of sp³-hybridized carbons (Fsp3) is 0.500. The summed E-state index contributed by atoms with van der Waals surface area (Å²) in [6.07, 6.45) is 2.21. The molecule has 0 aliphatic carbocycles. The number of rotatable bonds is 7. The van der Waals surface area contributed by atoms with Crippen LogP contribution < -0.4 is 15.4 Å². The third-order valence-electron chi connectivity index (χ3n) is 3.48. The van der Waals surface area contributed by atoms with Gasteiger partial charge in [-0.05, 0) is 43.7 Å². The zero-order chi connectivity index (χ0) is 16.0. The number of hydrogen-bond acceptors (Lipinski definition) is 4. The van der Waals surface area contributed by atoms with Gasteiger partial charge in [0.15, 0.2) is 0 Å². The first-order valence-corrected chi connectivity index (χ1v) is 8.71. The van der Waals surface area contributed by atoms with Gasteiger partial charge in [0.1, 0.15) is 5.82 Å². The lowest BCUT2D eigenvalue weighted by Crippen LogP contribution is -2.38. The summed E-state index contributed by atoms with van der Waals surface area (Å²) in [5.41, 5.74) is 0. The maximum atomic E-state index is 12.8. The van der Waals surface area contributed by atoms with Crippen LogP contribution in [0.25, 0.3) is 0 Å². The number of hydrogen-bond donors (Lipinski definition) is 3. The predicted octanol–water partition coefficient (Wildman–Crippen LogP) is 0.784. The van der Waals surface area contributed by atoms with Crippen molar-refractivity contribution in [2.75, 3.05) is 19.6 Å². The molecular weight excluding hydrogens is 345 g/mol. The maximum Gasteiger partial charge on any atom is 0.240 e. The van der Waals surface area contributed by atoms with Gasteiger partial charge < -0.3 is 10.6 Å². The van der Waals surface area contributed by atoms with Crippen LogP contribution in [-0.4, -0.2) is 40.0 Å². The van der Waals surface area contributed by atoms with E-state index in [1.807, 2.05) is 0 Å². The predicted molar refractivity (Wildman–Crippen MR) is 87.5 cm³/mol. The third kappa shape index (κ3) is 6.42. The molecule has 1 fully saturated rings. The van der Waals surface area contributed by atoms with Gasteiger partial charge in [0.25, 0.3) is 0 Å². The van der Waals surface area contributed by atoms with Crippen molar-refractivity contribution >= 4 is 28.3 Å². The van der Waals surface area contributed by atoms with Gasteiger partial charge >= 0.3 is 0 Å². The quantitative estimate of drug-likeness (QED) is 0.666. The molecule has 0 radical (unpaired) electrons. The first-order valence-electron chi connectivity index (χ1n) is 7.23. The van der Waals surface area contributed by atoms with Gasteiger partial charge in [0.05, 0.1) is 4.90 Å². The normalized spacial score (nSPS) is 17.5. The van der Waals surface area contributed by atoms with Crippen molar-refractivity contribution in [3.63, 3.8) is 0 Å². The summed E-state index contributed by atoms with van der Waals surface area (Å²) >= 11 is 0. The zero-order valence-electron chi connectivity index (χ0n) is 12.5. The van der Waals surface area contributed by atoms with Crippen LogP contribution in [0.15, 0.2) is 29.2 Å². The molecule has 0 bridgehead atoms. The molecule has 1 aromatic rings. The van der Waals surface area contributed by atoms with E-state index in [4.69, 9.17) is 0 Å². The number of halogens is 2. The Morgan fingerprint density at radius 3 is 2.61 bits per heavy atom. The molecule has 3 N–H and O–H groups in total. The molecule has 1 aliphatic rings. The van der Waals surface area contributed by atoms with E-state index in [1.54, 1.807) is 0 Å². The average molecular weight is 366 g/mol. The highest BCUT2D eigenvalue weighted by Crippen LogP contribution is 2.09. The molecule has 2 rings (SSSR count). The van der Waals surface area contributed by atoms with Crippen LogP contribution in [0.1, 0.15) is 19.3 Å². The second-order valence-corrected chi connectivity index (χ2v) is 6.97. The second-order valence-electron chi connectivity index (χ2n) is 5.20. The van der Waals surface area contributed by atoms with E-state index < -0.39 is 15.8 Å². The highest BCUT2D eigenvalue weighted by atomic mass is 35.5. The van der Waals surface area contributed by atoms with Crippen LogP contribution in [-0.2, 0) is 14.8 Å². The van der Waals surface area contributed by atoms with Crippen molar-refractivity contribution in [3.05, 3.63) is 30.1 Å². The monoisotopic (exact) mass is 365 g/mol.